The third kappa shape index (κ3) is 5.46. The molecule has 1 N–H and O–H groups in total. The molecular formula is C23H24FN5O3S. The molecule has 1 fully saturated rings. The van der Waals surface area contributed by atoms with Crippen LogP contribution in [0.4, 0.5) is 10.1 Å². The zero-order valence-electron chi connectivity index (χ0n) is 18.3. The summed E-state index contributed by atoms with van der Waals surface area (Å²) in [7, 11) is -0.743. The van der Waals surface area contributed by atoms with E-state index in [1.54, 1.807) is 44.6 Å². The molecule has 8 nitrogen and oxygen atoms in total. The van der Waals surface area contributed by atoms with Crippen LogP contribution in [0.1, 0.15) is 24.4 Å². The number of anilines is 1. The average Bonchev–Trinajstić information content (AvgIpc) is 3.51. The van der Waals surface area contributed by atoms with Gasteiger partial charge in [-0.25, -0.2) is 4.39 Å². The molecule has 1 amide bonds. The van der Waals surface area contributed by atoms with E-state index in [0.717, 1.165) is 12.8 Å². The van der Waals surface area contributed by atoms with Gasteiger partial charge in [0.15, 0.2) is 0 Å². The lowest BCUT2D eigenvalue weighted by Crippen LogP contribution is -2.16. The lowest BCUT2D eigenvalue weighted by Gasteiger charge is -2.11. The fourth-order valence-corrected chi connectivity index (χ4v) is 4.47. The largest absolute Gasteiger partial charge is 0.368 e. The summed E-state index contributed by atoms with van der Waals surface area (Å²) in [6.45, 7) is 0. The number of nitrogens with zero attached hydrogens (tertiary/aromatic N) is 4. The molecule has 0 bridgehead atoms. The second kappa shape index (κ2) is 9.14. The molecule has 0 aliphatic heterocycles. The molecule has 1 saturated carbocycles. The molecule has 1 aromatic heterocycles. The Morgan fingerprint density at radius 1 is 1.27 bits per heavy atom. The number of rotatable bonds is 8. The Bertz CT molecular complexity index is 1310. The quantitative estimate of drug-likeness (QED) is 0.402. The number of hydrogen-bond donors (Lipinski definition) is 1. The van der Waals surface area contributed by atoms with Crippen molar-refractivity contribution in [2.75, 3.05) is 19.4 Å². The fourth-order valence-electron chi connectivity index (χ4n) is 3.30. The van der Waals surface area contributed by atoms with Gasteiger partial charge in [0.25, 0.3) is 10.0 Å². The van der Waals surface area contributed by atoms with Gasteiger partial charge in [0.2, 0.25) is 5.91 Å². The van der Waals surface area contributed by atoms with Gasteiger partial charge in [0.05, 0.1) is 23.6 Å². The van der Waals surface area contributed by atoms with Gasteiger partial charge in [0, 0.05) is 37.1 Å². The van der Waals surface area contributed by atoms with Crippen LogP contribution in [0.5, 0.6) is 0 Å². The topological polar surface area (TPSA) is 96.7 Å². The number of nitrogens with one attached hydrogen (secondary N) is 1. The maximum atomic E-state index is 13.9. The zero-order valence-corrected chi connectivity index (χ0v) is 19.1. The normalized spacial score (nSPS) is 13.9. The summed E-state index contributed by atoms with van der Waals surface area (Å²) >= 11 is 0. The minimum atomic E-state index is -4.07. The third-order valence-corrected chi connectivity index (χ3v) is 6.37. The summed E-state index contributed by atoms with van der Waals surface area (Å²) in [6.07, 6.45) is 6.56. The number of amides is 1. The first-order valence-electron chi connectivity index (χ1n) is 10.4. The minimum Gasteiger partial charge on any atom is -0.368 e. The lowest BCUT2D eigenvalue weighted by atomic mass is 10.1. The number of hydrogen-bond acceptors (Lipinski definition) is 4. The maximum absolute atomic E-state index is 13.9. The fraction of sp³-hybridized carbons (Fsp3) is 0.261. The number of carbonyl (C=O) groups excluding carboxylic acids is 1. The Kier molecular flexibility index (Phi) is 6.28. The SMILES string of the molecule is CN(C)C=NS(=O)(=O)c1cc(NC(=O)Cc2ccccc2F)ccc1-c1cnn(C2CC2)c1. The number of halogens is 1. The van der Waals surface area contributed by atoms with Gasteiger partial charge in [0.1, 0.15) is 12.2 Å². The Morgan fingerprint density at radius 3 is 2.73 bits per heavy atom. The second-order valence-corrected chi connectivity index (χ2v) is 9.73. The van der Waals surface area contributed by atoms with Crippen molar-refractivity contribution in [2.24, 2.45) is 4.40 Å². The summed E-state index contributed by atoms with van der Waals surface area (Å²) in [5, 5.41) is 7.00. The van der Waals surface area contributed by atoms with Gasteiger partial charge < -0.3 is 10.2 Å². The molecule has 0 spiro atoms. The van der Waals surface area contributed by atoms with E-state index in [1.165, 1.54) is 29.4 Å². The molecule has 0 saturated heterocycles. The van der Waals surface area contributed by atoms with E-state index in [4.69, 9.17) is 0 Å². The lowest BCUT2D eigenvalue weighted by molar-refractivity contribution is -0.115. The van der Waals surface area contributed by atoms with Crippen LogP contribution in [0.25, 0.3) is 11.1 Å². The molecule has 2 aromatic carbocycles. The van der Waals surface area contributed by atoms with Crippen molar-refractivity contribution in [1.82, 2.24) is 14.7 Å². The van der Waals surface area contributed by atoms with Gasteiger partial charge in [-0.2, -0.15) is 13.5 Å². The predicted octanol–water partition coefficient (Wildman–Crippen LogP) is 3.48. The Balaban J connectivity index is 1.66. The van der Waals surface area contributed by atoms with Crippen molar-refractivity contribution in [1.29, 1.82) is 0 Å². The highest BCUT2D eigenvalue weighted by atomic mass is 32.2. The molecule has 4 rings (SSSR count). The van der Waals surface area contributed by atoms with E-state index in [0.29, 0.717) is 17.2 Å². The molecular weight excluding hydrogens is 445 g/mol. The Morgan fingerprint density at radius 2 is 2.03 bits per heavy atom. The van der Waals surface area contributed by atoms with Crippen molar-refractivity contribution in [3.05, 3.63) is 66.2 Å². The zero-order chi connectivity index (χ0) is 23.6. The molecule has 0 radical (unpaired) electrons. The van der Waals surface area contributed by atoms with Crippen LogP contribution in [0.3, 0.4) is 0 Å². The standard InChI is InChI=1S/C23H24FN5O3S/c1-28(2)15-26-33(31,32)22-12-18(27-23(30)11-16-5-3-4-6-21(16)24)7-10-20(22)17-13-25-29(14-17)19-8-9-19/h3-7,10,12-15,19H,8-9,11H2,1-2H3,(H,27,30). The summed E-state index contributed by atoms with van der Waals surface area (Å²) in [4.78, 5) is 13.9. The van der Waals surface area contributed by atoms with E-state index in [9.17, 15) is 17.6 Å². The van der Waals surface area contributed by atoms with E-state index in [-0.39, 0.29) is 22.6 Å². The number of aromatic nitrogens is 2. The van der Waals surface area contributed by atoms with Crippen molar-refractivity contribution in [2.45, 2.75) is 30.2 Å². The Labute approximate surface area is 191 Å². The molecule has 172 valence electrons. The van der Waals surface area contributed by atoms with Crippen LogP contribution in [0.2, 0.25) is 0 Å². The van der Waals surface area contributed by atoms with Crippen molar-refractivity contribution >= 4 is 28.0 Å². The van der Waals surface area contributed by atoms with E-state index in [1.807, 2.05) is 10.9 Å². The first kappa shape index (κ1) is 22.7. The highest BCUT2D eigenvalue weighted by Gasteiger charge is 2.26. The third-order valence-electron chi connectivity index (χ3n) is 5.10. The first-order valence-corrected chi connectivity index (χ1v) is 11.9. The second-order valence-electron chi connectivity index (χ2n) is 8.13. The van der Waals surface area contributed by atoms with Crippen LogP contribution in [0.15, 0.2) is 64.2 Å². The number of benzene rings is 2. The van der Waals surface area contributed by atoms with Crippen LogP contribution >= 0.6 is 0 Å². The number of carbonyl (C=O) groups is 1. The molecule has 0 unspecified atom stereocenters. The summed E-state index contributed by atoms with van der Waals surface area (Å²) in [5.41, 5.74) is 1.60. The van der Waals surface area contributed by atoms with Gasteiger partial charge in [-0.05, 0) is 36.6 Å². The summed E-state index contributed by atoms with van der Waals surface area (Å²) < 4.78 is 45.5. The van der Waals surface area contributed by atoms with Crippen LogP contribution < -0.4 is 5.32 Å². The highest BCUT2D eigenvalue weighted by Crippen LogP contribution is 2.37. The average molecular weight is 470 g/mol. The van der Waals surface area contributed by atoms with Crippen molar-refractivity contribution in [3.63, 3.8) is 0 Å². The maximum Gasteiger partial charge on any atom is 0.284 e. The molecule has 33 heavy (non-hydrogen) atoms. The van der Waals surface area contributed by atoms with Gasteiger partial charge >= 0.3 is 0 Å². The van der Waals surface area contributed by atoms with Gasteiger partial charge in [-0.1, -0.05) is 24.3 Å². The van der Waals surface area contributed by atoms with Gasteiger partial charge in [-0.15, -0.1) is 4.40 Å². The molecule has 0 atom stereocenters. The molecule has 3 aromatic rings. The molecule has 10 heteroatoms. The van der Waals surface area contributed by atoms with Gasteiger partial charge in [-0.3, -0.25) is 9.48 Å². The summed E-state index contributed by atoms with van der Waals surface area (Å²) in [5.74, 6) is -0.938. The minimum absolute atomic E-state index is 0.0559. The van der Waals surface area contributed by atoms with Crippen LogP contribution in [-0.4, -0.2) is 49.4 Å². The summed E-state index contributed by atoms with van der Waals surface area (Å²) in [6, 6.07) is 11.0. The van der Waals surface area contributed by atoms with E-state index in [2.05, 4.69) is 14.8 Å². The van der Waals surface area contributed by atoms with Crippen molar-refractivity contribution in [3.8, 4) is 11.1 Å². The van der Waals surface area contributed by atoms with Crippen LogP contribution in [0, 0.1) is 5.82 Å². The smallest absolute Gasteiger partial charge is 0.284 e. The predicted molar refractivity (Wildman–Crippen MR) is 124 cm³/mol. The molecule has 1 heterocycles. The van der Waals surface area contributed by atoms with E-state index < -0.39 is 21.7 Å². The Hall–Kier alpha value is -3.53. The molecule has 1 aliphatic carbocycles. The molecule has 1 aliphatic rings. The number of sulfonamides is 1. The monoisotopic (exact) mass is 469 g/mol. The first-order chi connectivity index (χ1) is 15.7. The van der Waals surface area contributed by atoms with Crippen LogP contribution in [-0.2, 0) is 21.2 Å². The van der Waals surface area contributed by atoms with Crippen molar-refractivity contribution < 1.29 is 17.6 Å². The highest BCUT2D eigenvalue weighted by molar-refractivity contribution is 7.90. The van der Waals surface area contributed by atoms with E-state index >= 15 is 0 Å².